The molecule has 10 nitrogen and oxygen atoms in total. The molecule has 0 aliphatic carbocycles. The molecule has 0 radical (unpaired) electrons. The molecule has 0 aliphatic heterocycles. The predicted octanol–water partition coefficient (Wildman–Crippen LogP) is 3.23. The van der Waals surface area contributed by atoms with Crippen molar-refractivity contribution in [2.24, 2.45) is 5.14 Å². The number of carbonyl (C=O) groups excluding carboxylic acids is 2. The molecule has 0 heterocycles. The molecule has 0 spiro atoms. The first-order chi connectivity index (χ1) is 15.6. The Labute approximate surface area is 193 Å². The van der Waals surface area contributed by atoms with Crippen molar-refractivity contribution < 1.29 is 22.9 Å². The number of nitro groups is 1. The number of hydrogen-bond donors (Lipinski definition) is 3. The lowest BCUT2D eigenvalue weighted by atomic mass is 10.2. The molecule has 2 amide bonds. The molecule has 0 saturated carbocycles. The molecule has 0 atom stereocenters. The van der Waals surface area contributed by atoms with Crippen LogP contribution in [0, 0.1) is 10.1 Å². The van der Waals surface area contributed by atoms with Crippen LogP contribution in [0.1, 0.15) is 10.4 Å². The Morgan fingerprint density at radius 1 is 0.939 bits per heavy atom. The molecule has 3 aromatic carbocycles. The Bertz CT molecular complexity index is 1290. The van der Waals surface area contributed by atoms with Crippen LogP contribution in [-0.4, -0.2) is 30.9 Å². The lowest BCUT2D eigenvalue weighted by molar-refractivity contribution is -0.384. The predicted molar refractivity (Wildman–Crippen MR) is 125 cm³/mol. The monoisotopic (exact) mass is 486 g/mol. The molecule has 4 N–H and O–H groups in total. The van der Waals surface area contributed by atoms with Gasteiger partial charge in [-0.1, -0.05) is 6.07 Å². The number of benzene rings is 3. The fraction of sp³-hybridized carbons (Fsp3) is 0.0476. The van der Waals surface area contributed by atoms with Crippen molar-refractivity contribution in [3.8, 4) is 0 Å². The summed E-state index contributed by atoms with van der Waals surface area (Å²) < 4.78 is 22.5. The normalized spacial score (nSPS) is 10.9. The number of sulfonamides is 1. The topological polar surface area (TPSA) is 162 Å². The number of primary sulfonamides is 1. The van der Waals surface area contributed by atoms with Crippen LogP contribution in [0.5, 0.6) is 0 Å². The van der Waals surface area contributed by atoms with Gasteiger partial charge in [0.2, 0.25) is 15.9 Å². The molecule has 12 heteroatoms. The van der Waals surface area contributed by atoms with E-state index in [0.29, 0.717) is 11.4 Å². The number of non-ortho nitro benzene ring substituents is 1. The summed E-state index contributed by atoms with van der Waals surface area (Å²) in [6.45, 7) is 0. The van der Waals surface area contributed by atoms with Crippen LogP contribution in [0.25, 0.3) is 0 Å². The minimum atomic E-state index is -3.80. The van der Waals surface area contributed by atoms with E-state index in [-0.39, 0.29) is 27.8 Å². The highest BCUT2D eigenvalue weighted by Crippen LogP contribution is 2.22. The Kier molecular flexibility index (Phi) is 7.43. The molecule has 170 valence electrons. The van der Waals surface area contributed by atoms with E-state index < -0.39 is 20.9 Å². The highest BCUT2D eigenvalue weighted by Gasteiger charge is 2.12. The number of thioether (sulfide) groups is 1. The van der Waals surface area contributed by atoms with E-state index in [1.807, 2.05) is 0 Å². The largest absolute Gasteiger partial charge is 0.325 e. The van der Waals surface area contributed by atoms with Crippen molar-refractivity contribution in [3.05, 3.63) is 88.5 Å². The second kappa shape index (κ2) is 10.3. The van der Waals surface area contributed by atoms with Crippen molar-refractivity contribution in [2.75, 3.05) is 16.4 Å². The molecule has 3 aromatic rings. The van der Waals surface area contributed by atoms with Gasteiger partial charge in [0, 0.05) is 34.0 Å². The van der Waals surface area contributed by atoms with E-state index in [0.717, 1.165) is 4.90 Å². The molecular formula is C21H18N4O6S2. The number of nitrogens with two attached hydrogens (primary N) is 1. The lowest BCUT2D eigenvalue weighted by Crippen LogP contribution is -2.15. The minimum absolute atomic E-state index is 0.0486. The zero-order valence-electron chi connectivity index (χ0n) is 16.9. The minimum Gasteiger partial charge on any atom is -0.325 e. The summed E-state index contributed by atoms with van der Waals surface area (Å²) in [5, 5.41) is 21.2. The first kappa shape index (κ1) is 23.9. The molecule has 0 bridgehead atoms. The fourth-order valence-corrected chi connectivity index (χ4v) is 3.89. The van der Waals surface area contributed by atoms with Gasteiger partial charge in [-0.25, -0.2) is 13.6 Å². The Morgan fingerprint density at radius 3 is 2.15 bits per heavy atom. The van der Waals surface area contributed by atoms with Gasteiger partial charge in [0.05, 0.1) is 15.6 Å². The van der Waals surface area contributed by atoms with E-state index in [1.54, 1.807) is 24.3 Å². The first-order valence-electron chi connectivity index (χ1n) is 9.33. The van der Waals surface area contributed by atoms with Gasteiger partial charge >= 0.3 is 0 Å². The van der Waals surface area contributed by atoms with Gasteiger partial charge in [0.15, 0.2) is 0 Å². The van der Waals surface area contributed by atoms with Gasteiger partial charge < -0.3 is 10.6 Å². The molecule has 3 rings (SSSR count). The van der Waals surface area contributed by atoms with Crippen molar-refractivity contribution in [2.45, 2.75) is 9.79 Å². The number of nitro benzene ring substituents is 1. The van der Waals surface area contributed by atoms with Crippen LogP contribution in [-0.2, 0) is 14.8 Å². The zero-order chi connectivity index (χ0) is 24.0. The lowest BCUT2D eigenvalue weighted by Gasteiger charge is -2.08. The molecule has 0 fully saturated rings. The van der Waals surface area contributed by atoms with Crippen LogP contribution >= 0.6 is 11.8 Å². The summed E-state index contributed by atoms with van der Waals surface area (Å²) in [5.41, 5.74) is 0.923. The average molecular weight is 487 g/mol. The SMILES string of the molecule is NS(=O)(=O)c1ccc(NC(=O)CSc2ccc(NC(=O)c3cccc([N+](=O)[O-])c3)cc2)cc1. The zero-order valence-corrected chi connectivity index (χ0v) is 18.6. The van der Waals surface area contributed by atoms with Crippen molar-refractivity contribution >= 4 is 50.7 Å². The molecular weight excluding hydrogens is 468 g/mol. The number of nitrogens with zero attached hydrogens (tertiary/aromatic N) is 1. The Balaban J connectivity index is 1.52. The van der Waals surface area contributed by atoms with Gasteiger partial charge in [-0.15, -0.1) is 11.8 Å². The maximum absolute atomic E-state index is 12.3. The van der Waals surface area contributed by atoms with E-state index in [4.69, 9.17) is 5.14 Å². The third-order valence-electron chi connectivity index (χ3n) is 4.27. The maximum Gasteiger partial charge on any atom is 0.270 e. The van der Waals surface area contributed by atoms with E-state index in [9.17, 15) is 28.1 Å². The summed E-state index contributed by atoms with van der Waals surface area (Å²) in [4.78, 5) is 35.4. The van der Waals surface area contributed by atoms with Crippen molar-refractivity contribution in [1.82, 2.24) is 0 Å². The van der Waals surface area contributed by atoms with Gasteiger partial charge in [-0.3, -0.25) is 19.7 Å². The number of anilines is 2. The smallest absolute Gasteiger partial charge is 0.270 e. The second-order valence-electron chi connectivity index (χ2n) is 6.69. The van der Waals surface area contributed by atoms with Gasteiger partial charge in [0.1, 0.15) is 0 Å². The Morgan fingerprint density at radius 2 is 1.55 bits per heavy atom. The van der Waals surface area contributed by atoms with Crippen LogP contribution in [0.4, 0.5) is 17.1 Å². The summed E-state index contributed by atoms with van der Waals surface area (Å²) in [5.74, 6) is -0.658. The molecule has 0 unspecified atom stereocenters. The molecule has 33 heavy (non-hydrogen) atoms. The standard InChI is InChI=1S/C21H18N4O6S2/c22-33(30,31)19-10-6-15(7-11-19)23-20(26)13-32-18-8-4-16(5-9-18)24-21(27)14-2-1-3-17(12-14)25(28)29/h1-12H,13H2,(H,23,26)(H,24,27)(H2,22,30,31). The number of nitrogens with one attached hydrogen (secondary N) is 2. The number of carbonyl (C=O) groups is 2. The van der Waals surface area contributed by atoms with E-state index in [1.165, 1.54) is 60.3 Å². The summed E-state index contributed by atoms with van der Waals surface area (Å²) in [7, 11) is -3.80. The highest BCUT2D eigenvalue weighted by molar-refractivity contribution is 8.00. The van der Waals surface area contributed by atoms with Gasteiger partial charge in [-0.05, 0) is 54.6 Å². The average Bonchev–Trinajstić information content (AvgIpc) is 2.78. The molecule has 0 aromatic heterocycles. The third kappa shape index (κ3) is 6.87. The fourth-order valence-electron chi connectivity index (χ4n) is 2.67. The van der Waals surface area contributed by atoms with E-state index >= 15 is 0 Å². The van der Waals surface area contributed by atoms with Gasteiger partial charge in [0.25, 0.3) is 11.6 Å². The van der Waals surface area contributed by atoms with Crippen molar-refractivity contribution in [3.63, 3.8) is 0 Å². The first-order valence-corrected chi connectivity index (χ1v) is 11.9. The number of amides is 2. The number of rotatable bonds is 8. The number of hydrogen-bond acceptors (Lipinski definition) is 7. The highest BCUT2D eigenvalue weighted by atomic mass is 32.2. The Hall–Kier alpha value is -3.74. The second-order valence-corrected chi connectivity index (χ2v) is 9.30. The van der Waals surface area contributed by atoms with Crippen molar-refractivity contribution in [1.29, 1.82) is 0 Å². The summed E-state index contributed by atoms with van der Waals surface area (Å²) in [6, 6.07) is 17.7. The van der Waals surface area contributed by atoms with Crippen LogP contribution in [0.2, 0.25) is 0 Å². The van der Waals surface area contributed by atoms with Crippen LogP contribution in [0.3, 0.4) is 0 Å². The summed E-state index contributed by atoms with van der Waals surface area (Å²) in [6.07, 6.45) is 0. The maximum atomic E-state index is 12.3. The third-order valence-corrected chi connectivity index (χ3v) is 6.21. The summed E-state index contributed by atoms with van der Waals surface area (Å²) >= 11 is 1.27. The van der Waals surface area contributed by atoms with E-state index in [2.05, 4.69) is 10.6 Å². The molecule has 0 aliphatic rings. The molecule has 0 saturated heterocycles. The quantitative estimate of drug-likeness (QED) is 0.250. The van der Waals surface area contributed by atoms with Crippen LogP contribution < -0.4 is 15.8 Å². The van der Waals surface area contributed by atoms with Crippen LogP contribution in [0.15, 0.2) is 82.6 Å². The van der Waals surface area contributed by atoms with Gasteiger partial charge in [-0.2, -0.15) is 0 Å².